The van der Waals surface area contributed by atoms with Crippen molar-refractivity contribution in [1.82, 2.24) is 0 Å². The summed E-state index contributed by atoms with van der Waals surface area (Å²) in [6.07, 6.45) is 1.26. The molecule has 0 saturated heterocycles. The largest absolute Gasteiger partial charge is 0.481 e. The predicted octanol–water partition coefficient (Wildman–Crippen LogP) is 3.32. The number of hydrogen-bond acceptors (Lipinski definition) is 2. The molecule has 1 aromatic carbocycles. The van der Waals surface area contributed by atoms with Crippen LogP contribution in [0, 0.1) is 0 Å². The average molecular weight is 257 g/mol. The van der Waals surface area contributed by atoms with Gasteiger partial charge in [0.1, 0.15) is 0 Å². The number of hydrogen-bond donors (Lipinski definition) is 1. The molecule has 0 aliphatic rings. The fourth-order valence-corrected chi connectivity index (χ4v) is 1.97. The highest BCUT2D eigenvalue weighted by Crippen LogP contribution is 2.28. The number of halogens is 1. The van der Waals surface area contributed by atoms with Crippen LogP contribution in [-0.4, -0.2) is 24.3 Å². The summed E-state index contributed by atoms with van der Waals surface area (Å²) in [6.45, 7) is 3.16. The van der Waals surface area contributed by atoms with Crippen LogP contribution < -0.4 is 0 Å². The Kier molecular flexibility index (Phi) is 6.01. The Bertz CT molecular complexity index is 365. The quantitative estimate of drug-likeness (QED) is 0.761. The van der Waals surface area contributed by atoms with Crippen molar-refractivity contribution >= 4 is 17.6 Å². The molecule has 1 rings (SSSR count). The van der Waals surface area contributed by atoms with Crippen LogP contribution in [0.25, 0.3) is 0 Å². The Morgan fingerprint density at radius 1 is 1.47 bits per heavy atom. The third kappa shape index (κ3) is 4.36. The zero-order valence-corrected chi connectivity index (χ0v) is 10.6. The minimum atomic E-state index is -0.838. The van der Waals surface area contributed by atoms with Crippen molar-refractivity contribution in [2.45, 2.75) is 25.7 Å². The predicted molar refractivity (Wildman–Crippen MR) is 67.6 cm³/mol. The Hall–Kier alpha value is -1.06. The van der Waals surface area contributed by atoms with Gasteiger partial charge in [0.05, 0.1) is 5.92 Å². The van der Waals surface area contributed by atoms with Gasteiger partial charge in [0.15, 0.2) is 0 Å². The third-order valence-electron chi connectivity index (χ3n) is 2.56. The zero-order chi connectivity index (χ0) is 12.7. The molecule has 1 atom stereocenters. The maximum absolute atomic E-state index is 11.2. The summed E-state index contributed by atoms with van der Waals surface area (Å²) in [5.74, 6) is -1.39. The first-order valence-corrected chi connectivity index (χ1v) is 6.09. The van der Waals surface area contributed by atoms with Crippen LogP contribution in [0.15, 0.2) is 24.3 Å². The van der Waals surface area contributed by atoms with Gasteiger partial charge in [-0.05, 0) is 31.4 Å². The SMILES string of the molecule is CCOCCCC(C(=O)O)c1ccccc1Cl. The van der Waals surface area contributed by atoms with Crippen molar-refractivity contribution in [3.63, 3.8) is 0 Å². The Balaban J connectivity index is 2.66. The molecule has 3 nitrogen and oxygen atoms in total. The highest BCUT2D eigenvalue weighted by atomic mass is 35.5. The molecule has 0 bridgehead atoms. The van der Waals surface area contributed by atoms with E-state index in [4.69, 9.17) is 16.3 Å². The summed E-state index contributed by atoms with van der Waals surface area (Å²) in [5.41, 5.74) is 0.679. The lowest BCUT2D eigenvalue weighted by Gasteiger charge is -2.14. The molecule has 0 heterocycles. The number of carboxylic acids is 1. The standard InChI is InChI=1S/C13H17ClO3/c1-2-17-9-5-7-11(13(15)16)10-6-3-4-8-12(10)14/h3-4,6,8,11H,2,5,7,9H2,1H3,(H,15,16). The highest BCUT2D eigenvalue weighted by molar-refractivity contribution is 6.31. The molecule has 0 aliphatic carbocycles. The van der Waals surface area contributed by atoms with Gasteiger partial charge in [-0.1, -0.05) is 29.8 Å². The fourth-order valence-electron chi connectivity index (χ4n) is 1.70. The molecule has 1 aromatic rings. The first-order valence-electron chi connectivity index (χ1n) is 5.71. The topological polar surface area (TPSA) is 46.5 Å². The normalized spacial score (nSPS) is 12.4. The van der Waals surface area contributed by atoms with Crippen LogP contribution in [0.3, 0.4) is 0 Å². The minimum absolute atomic E-state index is 0.510. The van der Waals surface area contributed by atoms with Gasteiger partial charge in [0.2, 0.25) is 0 Å². The van der Waals surface area contributed by atoms with Crippen LogP contribution in [-0.2, 0) is 9.53 Å². The Labute approximate surface area is 106 Å². The van der Waals surface area contributed by atoms with Crippen molar-refractivity contribution in [2.24, 2.45) is 0 Å². The van der Waals surface area contributed by atoms with Crippen LogP contribution >= 0.6 is 11.6 Å². The van der Waals surface area contributed by atoms with Gasteiger partial charge < -0.3 is 9.84 Å². The van der Waals surface area contributed by atoms with E-state index >= 15 is 0 Å². The van der Waals surface area contributed by atoms with Crippen LogP contribution in [0.2, 0.25) is 5.02 Å². The summed E-state index contributed by atoms with van der Waals surface area (Å²) >= 11 is 6.01. The molecule has 0 aromatic heterocycles. The number of rotatable bonds is 7. The lowest BCUT2D eigenvalue weighted by Crippen LogP contribution is -2.13. The average Bonchev–Trinajstić information content (AvgIpc) is 2.30. The van der Waals surface area contributed by atoms with Crippen molar-refractivity contribution in [3.05, 3.63) is 34.9 Å². The first kappa shape index (κ1) is 14.0. The molecule has 0 amide bonds. The lowest BCUT2D eigenvalue weighted by molar-refractivity contribution is -0.139. The number of carbonyl (C=O) groups is 1. The van der Waals surface area contributed by atoms with E-state index in [2.05, 4.69) is 0 Å². The summed E-state index contributed by atoms with van der Waals surface area (Å²) in [7, 11) is 0. The third-order valence-corrected chi connectivity index (χ3v) is 2.91. The second kappa shape index (κ2) is 7.30. The maximum atomic E-state index is 11.2. The van der Waals surface area contributed by atoms with Gasteiger partial charge in [-0.15, -0.1) is 0 Å². The van der Waals surface area contributed by atoms with Crippen molar-refractivity contribution in [2.75, 3.05) is 13.2 Å². The molecule has 4 heteroatoms. The molecule has 1 N–H and O–H groups in total. The van der Waals surface area contributed by atoms with Crippen LogP contribution in [0.4, 0.5) is 0 Å². The molecular formula is C13H17ClO3. The summed E-state index contributed by atoms with van der Waals surface area (Å²) in [4.78, 5) is 11.2. The second-order valence-corrected chi connectivity index (χ2v) is 4.16. The monoisotopic (exact) mass is 256 g/mol. The lowest BCUT2D eigenvalue weighted by atomic mass is 9.94. The van der Waals surface area contributed by atoms with E-state index in [-0.39, 0.29) is 0 Å². The molecule has 1 unspecified atom stereocenters. The highest BCUT2D eigenvalue weighted by Gasteiger charge is 2.21. The van der Waals surface area contributed by atoms with E-state index in [0.717, 1.165) is 6.42 Å². The van der Waals surface area contributed by atoms with E-state index in [1.807, 2.05) is 6.92 Å². The Morgan fingerprint density at radius 3 is 2.76 bits per heavy atom. The van der Waals surface area contributed by atoms with E-state index in [0.29, 0.717) is 30.2 Å². The molecular weight excluding hydrogens is 240 g/mol. The molecule has 0 saturated carbocycles. The van der Waals surface area contributed by atoms with Gasteiger partial charge in [0.25, 0.3) is 0 Å². The smallest absolute Gasteiger partial charge is 0.311 e. The number of benzene rings is 1. The molecule has 17 heavy (non-hydrogen) atoms. The number of ether oxygens (including phenoxy) is 1. The van der Waals surface area contributed by atoms with Gasteiger partial charge in [0, 0.05) is 18.2 Å². The maximum Gasteiger partial charge on any atom is 0.311 e. The zero-order valence-electron chi connectivity index (χ0n) is 9.86. The van der Waals surface area contributed by atoms with Gasteiger partial charge in [-0.3, -0.25) is 4.79 Å². The fraction of sp³-hybridized carbons (Fsp3) is 0.462. The van der Waals surface area contributed by atoms with E-state index in [1.165, 1.54) is 0 Å². The molecule has 0 spiro atoms. The summed E-state index contributed by atoms with van der Waals surface area (Å²) in [5, 5.41) is 9.72. The van der Waals surface area contributed by atoms with Crippen molar-refractivity contribution < 1.29 is 14.6 Å². The molecule has 0 radical (unpaired) electrons. The minimum Gasteiger partial charge on any atom is -0.481 e. The summed E-state index contributed by atoms with van der Waals surface area (Å²) in [6, 6.07) is 7.09. The van der Waals surface area contributed by atoms with E-state index in [9.17, 15) is 9.90 Å². The Morgan fingerprint density at radius 2 is 2.18 bits per heavy atom. The second-order valence-electron chi connectivity index (χ2n) is 3.75. The number of aliphatic carboxylic acids is 1. The van der Waals surface area contributed by atoms with Gasteiger partial charge in [-0.25, -0.2) is 0 Å². The van der Waals surface area contributed by atoms with Crippen molar-refractivity contribution in [1.29, 1.82) is 0 Å². The van der Waals surface area contributed by atoms with Crippen LogP contribution in [0.1, 0.15) is 31.2 Å². The molecule has 0 fully saturated rings. The molecule has 0 aliphatic heterocycles. The van der Waals surface area contributed by atoms with E-state index < -0.39 is 11.9 Å². The first-order chi connectivity index (χ1) is 8.16. The van der Waals surface area contributed by atoms with E-state index in [1.54, 1.807) is 24.3 Å². The molecule has 94 valence electrons. The number of carboxylic acid groups (broad SMARTS) is 1. The van der Waals surface area contributed by atoms with Gasteiger partial charge >= 0.3 is 5.97 Å². The van der Waals surface area contributed by atoms with Crippen LogP contribution in [0.5, 0.6) is 0 Å². The van der Waals surface area contributed by atoms with Crippen molar-refractivity contribution in [3.8, 4) is 0 Å². The van der Waals surface area contributed by atoms with Gasteiger partial charge in [-0.2, -0.15) is 0 Å². The summed E-state index contributed by atoms with van der Waals surface area (Å²) < 4.78 is 5.20.